The van der Waals surface area contributed by atoms with Gasteiger partial charge in [0, 0.05) is 6.07 Å². The van der Waals surface area contributed by atoms with Crippen LogP contribution in [0.4, 0.5) is 8.78 Å². The molecular weight excluding hydrogens is 272 g/mol. The molecule has 0 spiro atoms. The van der Waals surface area contributed by atoms with E-state index in [-0.39, 0.29) is 17.4 Å². The van der Waals surface area contributed by atoms with Gasteiger partial charge in [-0.05, 0) is 57.3 Å². The van der Waals surface area contributed by atoms with Gasteiger partial charge >= 0.3 is 0 Å². The zero-order valence-corrected chi connectivity index (χ0v) is 12.7. The first-order chi connectivity index (χ1) is 10.0. The topological polar surface area (TPSA) is 20.3 Å². The van der Waals surface area contributed by atoms with Gasteiger partial charge in [-0.1, -0.05) is 13.3 Å². The Labute approximate surface area is 125 Å². The van der Waals surface area contributed by atoms with E-state index < -0.39 is 11.6 Å². The van der Waals surface area contributed by atoms with Crippen LogP contribution in [0.5, 0.6) is 0 Å². The number of ketones is 1. The molecular formula is C17H23F2NO. The molecule has 4 heteroatoms. The number of carbonyl (C=O) groups excluding carboxylic acids is 1. The van der Waals surface area contributed by atoms with Crippen LogP contribution in [-0.2, 0) is 0 Å². The average Bonchev–Trinajstić information content (AvgIpc) is 2.71. The third kappa shape index (κ3) is 3.88. The molecule has 116 valence electrons. The maximum Gasteiger partial charge on any atom is 0.182 e. The number of likely N-dealkylation sites (tertiary alicyclic amines) is 1. The molecule has 1 aliphatic rings. The number of halogens is 2. The lowest BCUT2D eigenvalue weighted by atomic mass is 9.98. The van der Waals surface area contributed by atoms with Crippen LogP contribution in [-0.4, -0.2) is 29.8 Å². The van der Waals surface area contributed by atoms with E-state index in [9.17, 15) is 13.6 Å². The Balaban J connectivity index is 2.08. The van der Waals surface area contributed by atoms with Crippen molar-refractivity contribution in [2.24, 2.45) is 5.92 Å². The number of hydrogen-bond donors (Lipinski definition) is 0. The lowest BCUT2D eigenvalue weighted by Gasteiger charge is -2.26. The molecule has 2 unspecified atom stereocenters. The van der Waals surface area contributed by atoms with Crippen LogP contribution in [0, 0.1) is 17.6 Å². The molecule has 1 fully saturated rings. The number of Topliss-reactive ketones (excluding diaryl/α,β-unsaturated/α-hetero) is 1. The van der Waals surface area contributed by atoms with Crippen LogP contribution >= 0.6 is 0 Å². The van der Waals surface area contributed by atoms with E-state index >= 15 is 0 Å². The van der Waals surface area contributed by atoms with Gasteiger partial charge in [0.2, 0.25) is 0 Å². The minimum atomic E-state index is -0.770. The minimum Gasteiger partial charge on any atom is -0.293 e. The molecule has 1 aromatic carbocycles. The van der Waals surface area contributed by atoms with Gasteiger partial charge in [0.1, 0.15) is 11.6 Å². The number of rotatable bonds is 4. The summed E-state index contributed by atoms with van der Waals surface area (Å²) < 4.78 is 26.7. The molecule has 1 heterocycles. The van der Waals surface area contributed by atoms with Crippen molar-refractivity contribution in [1.82, 2.24) is 4.90 Å². The number of hydrogen-bond acceptors (Lipinski definition) is 2. The minimum absolute atomic E-state index is 0.0137. The van der Waals surface area contributed by atoms with Crippen molar-refractivity contribution in [3.63, 3.8) is 0 Å². The average molecular weight is 295 g/mol. The van der Waals surface area contributed by atoms with Crippen LogP contribution in [0.3, 0.4) is 0 Å². The van der Waals surface area contributed by atoms with Gasteiger partial charge in [0.15, 0.2) is 5.78 Å². The van der Waals surface area contributed by atoms with E-state index in [1.807, 2.05) is 6.92 Å². The number of carbonyl (C=O) groups is 1. The number of nitrogens with zero attached hydrogens (tertiary/aromatic N) is 1. The van der Waals surface area contributed by atoms with E-state index in [1.165, 1.54) is 18.9 Å². The summed E-state index contributed by atoms with van der Waals surface area (Å²) in [5.74, 6) is -0.965. The van der Waals surface area contributed by atoms with Gasteiger partial charge in [-0.3, -0.25) is 9.69 Å². The molecule has 0 bridgehead atoms. The summed E-state index contributed by atoms with van der Waals surface area (Å²) in [5.41, 5.74) is -0.0137. The zero-order valence-electron chi connectivity index (χ0n) is 12.7. The van der Waals surface area contributed by atoms with Crippen molar-refractivity contribution in [3.8, 4) is 0 Å². The second-order valence-electron chi connectivity index (χ2n) is 5.91. The molecule has 2 atom stereocenters. The number of benzene rings is 1. The van der Waals surface area contributed by atoms with Crippen LogP contribution in [0.2, 0.25) is 0 Å². The molecule has 1 aliphatic heterocycles. The molecule has 2 nitrogen and oxygen atoms in total. The lowest BCUT2D eigenvalue weighted by Crippen LogP contribution is -2.40. The predicted molar refractivity (Wildman–Crippen MR) is 79.4 cm³/mol. The van der Waals surface area contributed by atoms with Gasteiger partial charge in [-0.15, -0.1) is 0 Å². The molecule has 0 amide bonds. The molecule has 1 saturated heterocycles. The van der Waals surface area contributed by atoms with Crippen molar-refractivity contribution in [2.45, 2.75) is 45.6 Å². The third-order valence-corrected chi connectivity index (χ3v) is 4.58. The Bertz CT molecular complexity index is 504. The van der Waals surface area contributed by atoms with Gasteiger partial charge in [-0.2, -0.15) is 0 Å². The second-order valence-corrected chi connectivity index (χ2v) is 5.91. The van der Waals surface area contributed by atoms with Crippen LogP contribution in [0.25, 0.3) is 0 Å². The van der Waals surface area contributed by atoms with Crippen molar-refractivity contribution >= 4 is 5.78 Å². The van der Waals surface area contributed by atoms with Crippen molar-refractivity contribution < 1.29 is 13.6 Å². The van der Waals surface area contributed by atoms with Gasteiger partial charge < -0.3 is 0 Å². The Kier molecular flexibility index (Phi) is 5.45. The molecule has 21 heavy (non-hydrogen) atoms. The summed E-state index contributed by atoms with van der Waals surface area (Å²) in [4.78, 5) is 14.6. The first-order valence-corrected chi connectivity index (χ1v) is 7.76. The highest BCUT2D eigenvalue weighted by atomic mass is 19.1. The standard InChI is InChI=1S/C17H23F2NO/c1-3-13-5-4-9-20(10-8-13)12(2)17(21)15-7-6-14(18)11-16(15)19/h6-7,11-13H,3-5,8-10H2,1-2H3. The van der Waals surface area contributed by atoms with E-state index in [0.29, 0.717) is 0 Å². The summed E-state index contributed by atoms with van der Waals surface area (Å²) in [6, 6.07) is 2.80. The maximum atomic E-state index is 13.7. The van der Waals surface area contributed by atoms with Crippen molar-refractivity contribution in [2.75, 3.05) is 13.1 Å². The molecule has 0 aromatic heterocycles. The molecule has 2 rings (SSSR count). The fourth-order valence-electron chi connectivity index (χ4n) is 3.06. The second kappa shape index (κ2) is 7.12. The van der Waals surface area contributed by atoms with E-state index in [2.05, 4.69) is 11.8 Å². The van der Waals surface area contributed by atoms with Crippen LogP contribution in [0.1, 0.15) is 49.9 Å². The summed E-state index contributed by atoms with van der Waals surface area (Å²) in [5, 5.41) is 0. The zero-order chi connectivity index (χ0) is 15.4. The normalized spacial score (nSPS) is 21.8. The third-order valence-electron chi connectivity index (χ3n) is 4.58. The van der Waals surface area contributed by atoms with Crippen molar-refractivity contribution in [1.29, 1.82) is 0 Å². The summed E-state index contributed by atoms with van der Waals surface area (Å²) in [6.07, 6.45) is 4.52. The molecule has 0 N–H and O–H groups in total. The molecule has 0 saturated carbocycles. The highest BCUT2D eigenvalue weighted by molar-refractivity contribution is 6.00. The predicted octanol–water partition coefficient (Wildman–Crippen LogP) is 4.05. The van der Waals surface area contributed by atoms with Gasteiger partial charge in [0.05, 0.1) is 11.6 Å². The summed E-state index contributed by atoms with van der Waals surface area (Å²) in [6.45, 7) is 5.75. The van der Waals surface area contributed by atoms with Gasteiger partial charge in [0.25, 0.3) is 0 Å². The van der Waals surface area contributed by atoms with E-state index in [4.69, 9.17) is 0 Å². The lowest BCUT2D eigenvalue weighted by molar-refractivity contribution is 0.0837. The highest BCUT2D eigenvalue weighted by Crippen LogP contribution is 2.23. The molecule has 0 aliphatic carbocycles. The fourth-order valence-corrected chi connectivity index (χ4v) is 3.06. The Morgan fingerprint density at radius 2 is 2.10 bits per heavy atom. The monoisotopic (exact) mass is 295 g/mol. The van der Waals surface area contributed by atoms with Crippen LogP contribution < -0.4 is 0 Å². The van der Waals surface area contributed by atoms with Crippen LogP contribution in [0.15, 0.2) is 18.2 Å². The highest BCUT2D eigenvalue weighted by Gasteiger charge is 2.26. The SMILES string of the molecule is CCC1CCCN(C(C)C(=O)c2ccc(F)cc2F)CC1. The Morgan fingerprint density at radius 1 is 1.33 bits per heavy atom. The summed E-state index contributed by atoms with van der Waals surface area (Å²) in [7, 11) is 0. The first kappa shape index (κ1) is 16.1. The van der Waals surface area contributed by atoms with Gasteiger partial charge in [-0.25, -0.2) is 8.78 Å². The summed E-state index contributed by atoms with van der Waals surface area (Å²) >= 11 is 0. The molecule has 0 radical (unpaired) electrons. The Morgan fingerprint density at radius 3 is 2.76 bits per heavy atom. The van der Waals surface area contributed by atoms with E-state index in [1.54, 1.807) is 0 Å². The Hall–Kier alpha value is -1.29. The van der Waals surface area contributed by atoms with Crippen molar-refractivity contribution in [3.05, 3.63) is 35.4 Å². The maximum absolute atomic E-state index is 13.7. The largest absolute Gasteiger partial charge is 0.293 e. The molecule has 1 aromatic rings. The smallest absolute Gasteiger partial charge is 0.182 e. The van der Waals surface area contributed by atoms with E-state index in [0.717, 1.165) is 44.0 Å². The quantitative estimate of drug-likeness (QED) is 0.781. The fraction of sp³-hybridized carbons (Fsp3) is 0.588. The first-order valence-electron chi connectivity index (χ1n) is 7.76.